The zero-order valence-corrected chi connectivity index (χ0v) is 18.5. The highest BCUT2D eigenvalue weighted by atomic mass is 32.1. The van der Waals surface area contributed by atoms with E-state index in [1.807, 2.05) is 41.8 Å². The standard InChI is InChI=1S/C22H19N5O3S2/c28-20(25-26-21(29)18-13-32-22(24-18)27-7-9-30-10-8-27)15-12-17(19-6-3-11-31-19)23-16-5-2-1-4-14(15)16/h1-6,11-13H,7-10H2,(H,25,28)(H,26,29). The molecule has 2 amide bonds. The Kier molecular flexibility index (Phi) is 5.80. The minimum atomic E-state index is -0.467. The maximum absolute atomic E-state index is 13.0. The number of morpholine rings is 1. The third kappa shape index (κ3) is 4.20. The third-order valence-corrected chi connectivity index (χ3v) is 6.82. The number of nitrogens with one attached hydrogen (secondary N) is 2. The summed E-state index contributed by atoms with van der Waals surface area (Å²) in [6, 6.07) is 13.1. The third-order valence-electron chi connectivity index (χ3n) is 5.03. The maximum Gasteiger partial charge on any atom is 0.289 e. The van der Waals surface area contributed by atoms with Crippen molar-refractivity contribution in [1.82, 2.24) is 20.8 Å². The number of pyridine rings is 1. The van der Waals surface area contributed by atoms with Crippen LogP contribution in [0.1, 0.15) is 20.8 Å². The molecular formula is C22H19N5O3S2. The Morgan fingerprint density at radius 1 is 0.969 bits per heavy atom. The van der Waals surface area contributed by atoms with Gasteiger partial charge in [-0.2, -0.15) is 0 Å². The van der Waals surface area contributed by atoms with E-state index in [0.29, 0.717) is 35.4 Å². The first-order valence-corrected chi connectivity index (χ1v) is 11.8. The molecule has 1 saturated heterocycles. The second-order valence-corrected chi connectivity index (χ2v) is 8.86. The minimum absolute atomic E-state index is 0.260. The van der Waals surface area contributed by atoms with Crippen LogP contribution in [0.15, 0.2) is 53.2 Å². The number of ether oxygens (including phenoxy) is 1. The van der Waals surface area contributed by atoms with Crippen molar-refractivity contribution in [2.24, 2.45) is 0 Å². The molecule has 0 spiro atoms. The van der Waals surface area contributed by atoms with Crippen molar-refractivity contribution >= 4 is 50.5 Å². The van der Waals surface area contributed by atoms with Gasteiger partial charge in [-0.1, -0.05) is 24.3 Å². The van der Waals surface area contributed by atoms with E-state index in [1.54, 1.807) is 22.8 Å². The second kappa shape index (κ2) is 9.03. The van der Waals surface area contributed by atoms with Crippen LogP contribution in [0.4, 0.5) is 5.13 Å². The molecule has 1 aliphatic heterocycles. The molecule has 0 saturated carbocycles. The van der Waals surface area contributed by atoms with E-state index in [9.17, 15) is 9.59 Å². The van der Waals surface area contributed by atoms with Gasteiger partial charge in [0.1, 0.15) is 5.69 Å². The number of hydrogen-bond donors (Lipinski definition) is 2. The van der Waals surface area contributed by atoms with Crippen LogP contribution >= 0.6 is 22.7 Å². The maximum atomic E-state index is 13.0. The number of rotatable bonds is 4. The summed E-state index contributed by atoms with van der Waals surface area (Å²) < 4.78 is 5.35. The highest BCUT2D eigenvalue weighted by Gasteiger charge is 2.19. The largest absolute Gasteiger partial charge is 0.378 e. The summed E-state index contributed by atoms with van der Waals surface area (Å²) >= 11 is 2.95. The average molecular weight is 466 g/mol. The van der Waals surface area contributed by atoms with Gasteiger partial charge in [-0.05, 0) is 23.6 Å². The number of aromatic nitrogens is 2. The SMILES string of the molecule is O=C(NNC(=O)c1cc(-c2cccs2)nc2ccccc12)c1csc(N2CCOCC2)n1. The summed E-state index contributed by atoms with van der Waals surface area (Å²) in [5.74, 6) is -0.885. The first-order chi connectivity index (χ1) is 15.7. The first-order valence-electron chi connectivity index (χ1n) is 10.0. The number of thiophene rings is 1. The fourth-order valence-corrected chi connectivity index (χ4v) is 4.97. The lowest BCUT2D eigenvalue weighted by molar-refractivity contribution is 0.0845. The Morgan fingerprint density at radius 3 is 2.59 bits per heavy atom. The quantitative estimate of drug-likeness (QED) is 0.449. The first kappa shape index (κ1) is 20.6. The highest BCUT2D eigenvalue weighted by Crippen LogP contribution is 2.28. The molecule has 162 valence electrons. The molecule has 0 aliphatic carbocycles. The molecule has 1 aliphatic rings. The zero-order chi connectivity index (χ0) is 21.9. The van der Waals surface area contributed by atoms with E-state index in [4.69, 9.17) is 4.74 Å². The molecule has 32 heavy (non-hydrogen) atoms. The van der Waals surface area contributed by atoms with Gasteiger partial charge < -0.3 is 9.64 Å². The number of carbonyl (C=O) groups is 2. The van der Waals surface area contributed by atoms with Crippen molar-refractivity contribution < 1.29 is 14.3 Å². The van der Waals surface area contributed by atoms with Crippen molar-refractivity contribution in [2.45, 2.75) is 0 Å². The van der Waals surface area contributed by atoms with E-state index >= 15 is 0 Å². The summed E-state index contributed by atoms with van der Waals surface area (Å²) in [5, 5.41) is 5.13. The van der Waals surface area contributed by atoms with Crippen molar-refractivity contribution in [3.8, 4) is 10.6 Å². The molecule has 4 heterocycles. The van der Waals surface area contributed by atoms with Crippen LogP contribution in [0.2, 0.25) is 0 Å². The normalized spacial score (nSPS) is 13.8. The fraction of sp³-hybridized carbons (Fsp3) is 0.182. The summed E-state index contributed by atoms with van der Waals surface area (Å²) in [7, 11) is 0. The molecule has 3 aromatic heterocycles. The minimum Gasteiger partial charge on any atom is -0.378 e. The topological polar surface area (TPSA) is 96.5 Å². The van der Waals surface area contributed by atoms with E-state index in [2.05, 4.69) is 25.7 Å². The van der Waals surface area contributed by atoms with E-state index in [0.717, 1.165) is 23.1 Å². The van der Waals surface area contributed by atoms with E-state index < -0.39 is 11.8 Å². The van der Waals surface area contributed by atoms with Crippen LogP contribution in [0, 0.1) is 0 Å². The number of amides is 2. The van der Waals surface area contributed by atoms with Gasteiger partial charge in [-0.25, -0.2) is 9.97 Å². The summed E-state index contributed by atoms with van der Waals surface area (Å²) in [4.78, 5) is 37.7. The highest BCUT2D eigenvalue weighted by molar-refractivity contribution is 7.14. The van der Waals surface area contributed by atoms with Gasteiger partial charge >= 0.3 is 0 Å². The van der Waals surface area contributed by atoms with E-state index in [1.165, 1.54) is 11.3 Å². The molecule has 4 aromatic rings. The molecule has 0 atom stereocenters. The number of hydrazine groups is 1. The summed E-state index contributed by atoms with van der Waals surface area (Å²) in [5.41, 5.74) is 7.12. The fourth-order valence-electron chi connectivity index (χ4n) is 3.43. The number of benzene rings is 1. The zero-order valence-electron chi connectivity index (χ0n) is 16.9. The molecule has 8 nitrogen and oxygen atoms in total. The number of para-hydroxylation sites is 1. The lowest BCUT2D eigenvalue weighted by Crippen LogP contribution is -2.42. The Hall–Kier alpha value is -3.34. The lowest BCUT2D eigenvalue weighted by atomic mass is 10.1. The van der Waals surface area contributed by atoms with Crippen molar-refractivity contribution in [1.29, 1.82) is 0 Å². The number of fused-ring (bicyclic) bond motifs is 1. The molecule has 10 heteroatoms. The number of hydrogen-bond acceptors (Lipinski definition) is 8. The molecule has 0 bridgehead atoms. The Morgan fingerprint density at radius 2 is 1.78 bits per heavy atom. The van der Waals surface area contributed by atoms with Crippen LogP contribution in [0.5, 0.6) is 0 Å². The Balaban J connectivity index is 1.33. The van der Waals surface area contributed by atoms with Crippen LogP contribution in [-0.4, -0.2) is 48.1 Å². The van der Waals surface area contributed by atoms with Gasteiger partial charge in [0.25, 0.3) is 11.8 Å². The van der Waals surface area contributed by atoms with Crippen LogP contribution < -0.4 is 15.8 Å². The molecular weight excluding hydrogens is 446 g/mol. The van der Waals surface area contributed by atoms with Crippen molar-refractivity contribution in [2.75, 3.05) is 31.2 Å². The van der Waals surface area contributed by atoms with E-state index in [-0.39, 0.29) is 5.69 Å². The van der Waals surface area contributed by atoms with Gasteiger partial charge in [-0.3, -0.25) is 20.4 Å². The van der Waals surface area contributed by atoms with Crippen LogP contribution in [0.3, 0.4) is 0 Å². The van der Waals surface area contributed by atoms with Gasteiger partial charge in [0.2, 0.25) is 0 Å². The van der Waals surface area contributed by atoms with Crippen molar-refractivity contribution in [3.05, 3.63) is 64.5 Å². The molecule has 1 fully saturated rings. The number of nitrogens with zero attached hydrogens (tertiary/aromatic N) is 3. The van der Waals surface area contributed by atoms with Crippen molar-refractivity contribution in [3.63, 3.8) is 0 Å². The number of carbonyl (C=O) groups excluding carboxylic acids is 2. The lowest BCUT2D eigenvalue weighted by Gasteiger charge is -2.25. The molecule has 2 N–H and O–H groups in total. The molecule has 5 rings (SSSR count). The second-order valence-electron chi connectivity index (χ2n) is 7.07. The van der Waals surface area contributed by atoms with Gasteiger partial charge in [-0.15, -0.1) is 22.7 Å². The van der Waals surface area contributed by atoms with Gasteiger partial charge in [0.15, 0.2) is 5.13 Å². The average Bonchev–Trinajstić information content (AvgIpc) is 3.55. The predicted octanol–water partition coefficient (Wildman–Crippen LogP) is 3.33. The van der Waals surface area contributed by atoms with Crippen LogP contribution in [-0.2, 0) is 4.74 Å². The predicted molar refractivity (Wildman–Crippen MR) is 125 cm³/mol. The molecule has 0 unspecified atom stereocenters. The van der Waals surface area contributed by atoms with Gasteiger partial charge in [0.05, 0.1) is 34.9 Å². The number of thiazole rings is 1. The Labute approximate surface area is 191 Å². The number of anilines is 1. The molecule has 1 aromatic carbocycles. The van der Waals surface area contributed by atoms with Gasteiger partial charge in [0, 0.05) is 23.9 Å². The molecule has 0 radical (unpaired) electrons. The summed E-state index contributed by atoms with van der Waals surface area (Å²) in [6.07, 6.45) is 0. The monoisotopic (exact) mass is 465 g/mol. The Bertz CT molecular complexity index is 1270. The summed E-state index contributed by atoms with van der Waals surface area (Å²) in [6.45, 7) is 2.77. The smallest absolute Gasteiger partial charge is 0.289 e. The van der Waals surface area contributed by atoms with Crippen LogP contribution in [0.25, 0.3) is 21.5 Å².